The number of fused-ring (bicyclic) bond motifs is 1. The highest BCUT2D eigenvalue weighted by atomic mass is 32.2. The second kappa shape index (κ2) is 6.12. The van der Waals surface area contributed by atoms with Crippen LogP contribution in [0.4, 0.5) is 4.79 Å². The van der Waals surface area contributed by atoms with Gasteiger partial charge >= 0.3 is 6.03 Å². The third-order valence-electron chi connectivity index (χ3n) is 5.24. The summed E-state index contributed by atoms with van der Waals surface area (Å²) in [7, 11) is -3.71. The summed E-state index contributed by atoms with van der Waals surface area (Å²) in [4.78, 5) is 13.8. The van der Waals surface area contributed by atoms with Crippen LogP contribution in [0.3, 0.4) is 0 Å². The Morgan fingerprint density at radius 3 is 2.88 bits per heavy atom. The normalized spacial score (nSPS) is 26.3. The molecular formula is C16H25N5O4S. The van der Waals surface area contributed by atoms with Crippen LogP contribution >= 0.6 is 0 Å². The fourth-order valence-corrected chi connectivity index (χ4v) is 5.46. The van der Waals surface area contributed by atoms with Crippen molar-refractivity contribution in [3.8, 4) is 5.88 Å². The standard InChI is InChI=1S/C16H25N5O4S/c1-16(2)10-21-14(25-11-16)13(8-18-21)26(23,24)19-6-3-4-12(9-19)20-7-5-17-15(20)22/h8,12H,3-7,9-11H2,1-2H3,(H,17,22). The zero-order valence-corrected chi connectivity index (χ0v) is 16.0. The quantitative estimate of drug-likeness (QED) is 0.819. The van der Waals surface area contributed by atoms with Crippen LogP contribution in [-0.4, -0.2) is 72.3 Å². The van der Waals surface area contributed by atoms with Crippen LogP contribution in [0, 0.1) is 5.41 Å². The molecule has 144 valence electrons. The molecular weight excluding hydrogens is 358 g/mol. The van der Waals surface area contributed by atoms with E-state index in [0.717, 1.165) is 12.8 Å². The van der Waals surface area contributed by atoms with Gasteiger partial charge < -0.3 is 15.0 Å². The maximum absolute atomic E-state index is 13.2. The summed E-state index contributed by atoms with van der Waals surface area (Å²) in [6.07, 6.45) is 2.93. The van der Waals surface area contributed by atoms with Crippen molar-refractivity contribution in [2.75, 3.05) is 32.8 Å². The van der Waals surface area contributed by atoms with Crippen molar-refractivity contribution in [2.45, 2.75) is 44.2 Å². The fourth-order valence-electron chi connectivity index (χ4n) is 3.87. The van der Waals surface area contributed by atoms with Gasteiger partial charge in [-0.05, 0) is 12.8 Å². The van der Waals surface area contributed by atoms with Crippen LogP contribution in [0.15, 0.2) is 11.1 Å². The summed E-state index contributed by atoms with van der Waals surface area (Å²) in [5.41, 5.74) is -0.0839. The number of amides is 2. The Morgan fingerprint density at radius 2 is 2.15 bits per heavy atom. The highest BCUT2D eigenvalue weighted by Crippen LogP contribution is 2.35. The van der Waals surface area contributed by atoms with Gasteiger partial charge in [0.2, 0.25) is 15.9 Å². The van der Waals surface area contributed by atoms with Crippen molar-refractivity contribution in [3.05, 3.63) is 6.20 Å². The van der Waals surface area contributed by atoms with Crippen LogP contribution in [0.25, 0.3) is 0 Å². The van der Waals surface area contributed by atoms with Gasteiger partial charge in [0.05, 0.1) is 19.3 Å². The molecule has 1 aromatic heterocycles. The summed E-state index contributed by atoms with van der Waals surface area (Å²) >= 11 is 0. The number of nitrogens with zero attached hydrogens (tertiary/aromatic N) is 4. The molecule has 2 saturated heterocycles. The number of nitrogens with one attached hydrogen (secondary N) is 1. The topological polar surface area (TPSA) is 96.8 Å². The third-order valence-corrected chi connectivity index (χ3v) is 7.09. The Morgan fingerprint density at radius 1 is 1.35 bits per heavy atom. The number of carbonyl (C=O) groups excluding carboxylic acids is 1. The molecule has 1 N–H and O–H groups in total. The van der Waals surface area contributed by atoms with E-state index in [9.17, 15) is 13.2 Å². The number of rotatable bonds is 3. The Kier molecular flexibility index (Phi) is 4.14. The van der Waals surface area contributed by atoms with Crippen LogP contribution in [0.2, 0.25) is 0 Å². The molecule has 4 heterocycles. The van der Waals surface area contributed by atoms with Crippen molar-refractivity contribution in [1.82, 2.24) is 24.3 Å². The lowest BCUT2D eigenvalue weighted by atomic mass is 9.94. The Hall–Kier alpha value is -1.81. The van der Waals surface area contributed by atoms with E-state index in [4.69, 9.17) is 4.74 Å². The average molecular weight is 383 g/mol. The van der Waals surface area contributed by atoms with E-state index < -0.39 is 10.0 Å². The number of carbonyl (C=O) groups is 1. The third kappa shape index (κ3) is 2.94. The van der Waals surface area contributed by atoms with Crippen molar-refractivity contribution < 1.29 is 17.9 Å². The van der Waals surface area contributed by atoms with Gasteiger partial charge in [-0.2, -0.15) is 9.40 Å². The molecule has 1 unspecified atom stereocenters. The molecule has 0 radical (unpaired) electrons. The molecule has 1 atom stereocenters. The second-order valence-electron chi connectivity index (χ2n) is 8.01. The summed E-state index contributed by atoms with van der Waals surface area (Å²) in [5.74, 6) is 0.324. The molecule has 3 aliphatic rings. The van der Waals surface area contributed by atoms with Gasteiger partial charge in [-0.25, -0.2) is 17.9 Å². The van der Waals surface area contributed by atoms with Gasteiger partial charge in [0.15, 0.2) is 4.90 Å². The molecule has 0 saturated carbocycles. The van der Waals surface area contributed by atoms with Crippen LogP contribution in [0.5, 0.6) is 5.88 Å². The smallest absolute Gasteiger partial charge is 0.317 e. The van der Waals surface area contributed by atoms with Gasteiger partial charge in [-0.3, -0.25) is 0 Å². The van der Waals surface area contributed by atoms with Crippen molar-refractivity contribution in [3.63, 3.8) is 0 Å². The number of urea groups is 1. The summed E-state index contributed by atoms with van der Waals surface area (Å²) in [6, 6.07) is -0.199. The molecule has 4 rings (SSSR count). The molecule has 1 aromatic rings. The molecule has 2 amide bonds. The molecule has 10 heteroatoms. The SMILES string of the molecule is CC1(C)COc2c(S(=O)(=O)N3CCCC(N4CCNC4=O)C3)cnn2C1. The summed E-state index contributed by atoms with van der Waals surface area (Å²) in [5, 5.41) is 7.02. The summed E-state index contributed by atoms with van der Waals surface area (Å²) in [6.45, 7) is 7.19. The minimum Gasteiger partial charge on any atom is -0.476 e. The first-order valence-corrected chi connectivity index (χ1v) is 10.5. The first kappa shape index (κ1) is 17.6. The van der Waals surface area contributed by atoms with E-state index in [1.807, 2.05) is 0 Å². The molecule has 9 nitrogen and oxygen atoms in total. The monoisotopic (exact) mass is 383 g/mol. The van der Waals surface area contributed by atoms with Gasteiger partial charge in [0.25, 0.3) is 0 Å². The van der Waals surface area contributed by atoms with Crippen molar-refractivity contribution in [2.24, 2.45) is 5.41 Å². The maximum Gasteiger partial charge on any atom is 0.317 e. The van der Waals surface area contributed by atoms with Gasteiger partial charge in [0.1, 0.15) is 0 Å². The Bertz CT molecular complexity index is 819. The maximum atomic E-state index is 13.2. The highest BCUT2D eigenvalue weighted by Gasteiger charge is 2.39. The van der Waals surface area contributed by atoms with E-state index in [1.165, 1.54) is 10.5 Å². The number of ether oxygens (including phenoxy) is 1. The lowest BCUT2D eigenvalue weighted by Gasteiger charge is -2.36. The van der Waals surface area contributed by atoms with E-state index in [0.29, 0.717) is 45.2 Å². The molecule has 3 aliphatic heterocycles. The molecule has 2 fully saturated rings. The summed E-state index contributed by atoms with van der Waals surface area (Å²) < 4.78 is 35.2. The molecule has 0 aromatic carbocycles. The number of hydrogen-bond donors (Lipinski definition) is 1. The Labute approximate surface area is 153 Å². The minimum absolute atomic E-state index is 0.0839. The Balaban J connectivity index is 1.57. The molecule has 0 spiro atoms. The fraction of sp³-hybridized carbons (Fsp3) is 0.750. The molecule has 26 heavy (non-hydrogen) atoms. The zero-order chi connectivity index (χ0) is 18.5. The van der Waals surface area contributed by atoms with Crippen LogP contribution < -0.4 is 10.1 Å². The first-order chi connectivity index (χ1) is 12.3. The van der Waals surface area contributed by atoms with Crippen LogP contribution in [-0.2, 0) is 16.6 Å². The van der Waals surface area contributed by atoms with E-state index in [2.05, 4.69) is 24.3 Å². The predicted octanol–water partition coefficient (Wildman–Crippen LogP) is 0.480. The zero-order valence-electron chi connectivity index (χ0n) is 15.1. The van der Waals surface area contributed by atoms with E-state index >= 15 is 0 Å². The van der Waals surface area contributed by atoms with Gasteiger partial charge in [0, 0.05) is 37.6 Å². The molecule has 0 bridgehead atoms. The van der Waals surface area contributed by atoms with E-state index in [1.54, 1.807) is 9.58 Å². The van der Waals surface area contributed by atoms with Gasteiger partial charge in [-0.15, -0.1) is 0 Å². The second-order valence-corrected chi connectivity index (χ2v) is 9.92. The van der Waals surface area contributed by atoms with Crippen molar-refractivity contribution >= 4 is 16.1 Å². The lowest BCUT2D eigenvalue weighted by Crippen LogP contribution is -2.50. The molecule has 0 aliphatic carbocycles. The van der Waals surface area contributed by atoms with Crippen molar-refractivity contribution in [1.29, 1.82) is 0 Å². The predicted molar refractivity (Wildman–Crippen MR) is 93.4 cm³/mol. The van der Waals surface area contributed by atoms with Gasteiger partial charge in [-0.1, -0.05) is 13.8 Å². The number of aromatic nitrogens is 2. The first-order valence-electron chi connectivity index (χ1n) is 9.01. The minimum atomic E-state index is -3.71. The number of hydrogen-bond acceptors (Lipinski definition) is 5. The number of sulfonamides is 1. The number of piperidine rings is 1. The van der Waals surface area contributed by atoms with Crippen LogP contribution in [0.1, 0.15) is 26.7 Å². The van der Waals surface area contributed by atoms with E-state index in [-0.39, 0.29) is 22.4 Å². The lowest BCUT2D eigenvalue weighted by molar-refractivity contribution is 0.0967. The largest absolute Gasteiger partial charge is 0.476 e. The average Bonchev–Trinajstić information content (AvgIpc) is 3.20. The highest BCUT2D eigenvalue weighted by molar-refractivity contribution is 7.89.